The van der Waals surface area contributed by atoms with Crippen molar-refractivity contribution < 1.29 is 14.6 Å². The van der Waals surface area contributed by atoms with Gasteiger partial charge in [0.2, 0.25) is 0 Å². The van der Waals surface area contributed by atoms with Gasteiger partial charge in [0.15, 0.2) is 0 Å². The predicted octanol–water partition coefficient (Wildman–Crippen LogP) is 2.80. The molecule has 6 nitrogen and oxygen atoms in total. The molecule has 2 rings (SSSR count). The maximum Gasteiger partial charge on any atom is 0.282 e. The molecule has 0 unspecified atom stereocenters. The van der Waals surface area contributed by atoms with Crippen LogP contribution in [-0.2, 0) is 4.84 Å². The predicted molar refractivity (Wildman–Crippen MR) is 73.4 cm³/mol. The first-order chi connectivity index (χ1) is 9.63. The lowest BCUT2D eigenvalue weighted by Crippen LogP contribution is -2.29. The van der Waals surface area contributed by atoms with Gasteiger partial charge in [-0.05, 0) is 24.3 Å². The fourth-order valence-electron chi connectivity index (χ4n) is 1.71. The number of non-ortho nitro benzene ring substituents is 1. The Morgan fingerprint density at radius 2 is 1.70 bits per heavy atom. The second kappa shape index (κ2) is 5.94. The van der Waals surface area contributed by atoms with Crippen LogP contribution in [0.3, 0.4) is 0 Å². The second-order valence-electron chi connectivity index (χ2n) is 3.92. The summed E-state index contributed by atoms with van der Waals surface area (Å²) in [6, 6.07) is 14.2. The van der Waals surface area contributed by atoms with Gasteiger partial charge in [-0.15, -0.1) is 0 Å². The van der Waals surface area contributed by atoms with Crippen LogP contribution in [0.25, 0.3) is 0 Å². The Morgan fingerprint density at radius 3 is 2.20 bits per heavy atom. The highest BCUT2D eigenvalue weighted by Gasteiger charge is 2.18. The first-order valence-electron chi connectivity index (χ1n) is 5.81. The third-order valence-electron chi connectivity index (χ3n) is 2.68. The molecule has 0 bridgehead atoms. The van der Waals surface area contributed by atoms with E-state index in [2.05, 4.69) is 0 Å². The van der Waals surface area contributed by atoms with Crippen LogP contribution in [0.15, 0.2) is 54.6 Å². The molecule has 1 amide bonds. The molecule has 102 valence electrons. The number of para-hydroxylation sites is 1. The molecule has 0 heterocycles. The molecule has 0 saturated carbocycles. The minimum Gasteiger partial charge on any atom is -0.269 e. The molecule has 0 aliphatic heterocycles. The summed E-state index contributed by atoms with van der Waals surface area (Å²) in [5.74, 6) is -0.395. The Hall–Kier alpha value is -2.73. The van der Waals surface area contributed by atoms with Crippen molar-refractivity contribution in [3.05, 3.63) is 70.3 Å². The van der Waals surface area contributed by atoms with Gasteiger partial charge in [0.25, 0.3) is 11.6 Å². The molecule has 0 N–H and O–H groups in total. The summed E-state index contributed by atoms with van der Waals surface area (Å²) in [5, 5.41) is 11.7. The van der Waals surface area contributed by atoms with E-state index in [9.17, 15) is 14.9 Å². The topological polar surface area (TPSA) is 72.7 Å². The number of nitro benzene ring substituents is 1. The molecule has 6 heteroatoms. The van der Waals surface area contributed by atoms with Gasteiger partial charge in [-0.1, -0.05) is 18.2 Å². The van der Waals surface area contributed by atoms with Crippen molar-refractivity contribution in [1.29, 1.82) is 0 Å². The molecule has 0 aliphatic rings. The Kier molecular flexibility index (Phi) is 4.07. The number of nitro groups is 1. The average molecular weight is 272 g/mol. The molecule has 0 fully saturated rings. The molecular formula is C14H12N2O4. The van der Waals surface area contributed by atoms with Crippen LogP contribution < -0.4 is 5.06 Å². The number of hydrogen-bond acceptors (Lipinski definition) is 4. The fraction of sp³-hybridized carbons (Fsp3) is 0.0714. The zero-order chi connectivity index (χ0) is 14.5. The van der Waals surface area contributed by atoms with E-state index in [1.807, 2.05) is 6.07 Å². The van der Waals surface area contributed by atoms with Crippen molar-refractivity contribution in [3.8, 4) is 0 Å². The Balaban J connectivity index is 2.27. The van der Waals surface area contributed by atoms with Crippen LogP contribution in [0.4, 0.5) is 11.4 Å². The molecule has 0 aromatic heterocycles. The van der Waals surface area contributed by atoms with Gasteiger partial charge < -0.3 is 0 Å². The van der Waals surface area contributed by atoms with Crippen LogP contribution in [0.5, 0.6) is 0 Å². The summed E-state index contributed by atoms with van der Waals surface area (Å²) in [6.07, 6.45) is 0. The Morgan fingerprint density at radius 1 is 1.10 bits per heavy atom. The number of benzene rings is 2. The SMILES string of the molecule is CON(C(=O)c1ccc([N+](=O)[O-])cc1)c1ccccc1. The van der Waals surface area contributed by atoms with Gasteiger partial charge in [0.1, 0.15) is 0 Å². The lowest BCUT2D eigenvalue weighted by Gasteiger charge is -2.19. The van der Waals surface area contributed by atoms with Crippen molar-refractivity contribution in [2.45, 2.75) is 0 Å². The number of amides is 1. The summed E-state index contributed by atoms with van der Waals surface area (Å²) in [7, 11) is 1.39. The number of rotatable bonds is 4. The minimum atomic E-state index is -0.514. The molecule has 20 heavy (non-hydrogen) atoms. The van der Waals surface area contributed by atoms with Crippen LogP contribution in [0.1, 0.15) is 10.4 Å². The minimum absolute atomic E-state index is 0.0646. The monoisotopic (exact) mass is 272 g/mol. The van der Waals surface area contributed by atoms with Gasteiger partial charge >= 0.3 is 0 Å². The summed E-state index contributed by atoms with van der Waals surface area (Å²) in [5.41, 5.74) is 0.824. The van der Waals surface area contributed by atoms with Crippen LogP contribution in [0.2, 0.25) is 0 Å². The largest absolute Gasteiger partial charge is 0.282 e. The van der Waals surface area contributed by atoms with E-state index < -0.39 is 10.8 Å². The summed E-state index contributed by atoms with van der Waals surface area (Å²) in [4.78, 5) is 27.4. The van der Waals surface area contributed by atoms with E-state index in [1.54, 1.807) is 24.3 Å². The number of hydrogen-bond donors (Lipinski definition) is 0. The number of nitrogens with zero attached hydrogens (tertiary/aromatic N) is 2. The van der Waals surface area contributed by atoms with Crippen molar-refractivity contribution in [3.63, 3.8) is 0 Å². The quantitative estimate of drug-likeness (QED) is 0.633. The van der Waals surface area contributed by atoms with Crippen molar-refractivity contribution in [1.82, 2.24) is 0 Å². The van der Waals surface area contributed by atoms with Gasteiger partial charge in [0, 0.05) is 17.7 Å². The molecular weight excluding hydrogens is 260 g/mol. The highest BCUT2D eigenvalue weighted by atomic mass is 16.7. The van der Waals surface area contributed by atoms with Crippen LogP contribution >= 0.6 is 0 Å². The van der Waals surface area contributed by atoms with E-state index in [0.717, 1.165) is 5.06 Å². The van der Waals surface area contributed by atoms with Crippen molar-refractivity contribution >= 4 is 17.3 Å². The lowest BCUT2D eigenvalue weighted by atomic mass is 10.2. The molecule has 2 aromatic carbocycles. The Labute approximate surface area is 115 Å². The molecule has 0 spiro atoms. The number of carbonyl (C=O) groups is 1. The number of hydroxylamine groups is 1. The number of carbonyl (C=O) groups excluding carboxylic acids is 1. The lowest BCUT2D eigenvalue weighted by molar-refractivity contribution is -0.384. The highest BCUT2D eigenvalue weighted by Crippen LogP contribution is 2.18. The smallest absolute Gasteiger partial charge is 0.269 e. The van der Waals surface area contributed by atoms with Gasteiger partial charge in [0.05, 0.1) is 17.7 Å². The van der Waals surface area contributed by atoms with E-state index in [0.29, 0.717) is 11.3 Å². The van der Waals surface area contributed by atoms with Crippen molar-refractivity contribution in [2.24, 2.45) is 0 Å². The third kappa shape index (κ3) is 2.81. The van der Waals surface area contributed by atoms with Crippen molar-refractivity contribution in [2.75, 3.05) is 12.2 Å². The standard InChI is InChI=1S/C14H12N2O4/c1-20-15(12-5-3-2-4-6-12)14(17)11-7-9-13(10-8-11)16(18)19/h2-10H,1H3. The maximum absolute atomic E-state index is 12.3. The van der Waals surface area contributed by atoms with Gasteiger partial charge in [-0.3, -0.25) is 19.7 Å². The fourth-order valence-corrected chi connectivity index (χ4v) is 1.71. The van der Waals surface area contributed by atoms with E-state index in [4.69, 9.17) is 4.84 Å². The number of anilines is 1. The summed E-state index contributed by atoms with van der Waals surface area (Å²) < 4.78 is 0. The van der Waals surface area contributed by atoms with Gasteiger partial charge in [-0.25, -0.2) is 0 Å². The van der Waals surface area contributed by atoms with Gasteiger partial charge in [-0.2, -0.15) is 5.06 Å². The first kappa shape index (κ1) is 13.7. The maximum atomic E-state index is 12.3. The molecule has 0 radical (unpaired) electrons. The summed E-state index contributed by atoms with van der Waals surface area (Å²) in [6.45, 7) is 0. The Bertz CT molecular complexity index is 611. The van der Waals surface area contributed by atoms with Crippen LogP contribution in [-0.4, -0.2) is 17.9 Å². The molecule has 0 saturated heterocycles. The highest BCUT2D eigenvalue weighted by molar-refractivity contribution is 6.04. The summed E-state index contributed by atoms with van der Waals surface area (Å²) >= 11 is 0. The van der Waals surface area contributed by atoms with E-state index in [-0.39, 0.29) is 5.69 Å². The molecule has 2 aromatic rings. The second-order valence-corrected chi connectivity index (χ2v) is 3.92. The van der Waals surface area contributed by atoms with E-state index in [1.165, 1.54) is 31.4 Å². The zero-order valence-corrected chi connectivity index (χ0v) is 10.7. The normalized spacial score (nSPS) is 10.1. The third-order valence-corrected chi connectivity index (χ3v) is 2.68. The zero-order valence-electron chi connectivity index (χ0n) is 10.7. The van der Waals surface area contributed by atoms with Crippen LogP contribution in [0, 0.1) is 10.1 Å². The average Bonchev–Trinajstić information content (AvgIpc) is 2.49. The van der Waals surface area contributed by atoms with E-state index >= 15 is 0 Å². The first-order valence-corrected chi connectivity index (χ1v) is 5.81. The molecule has 0 atom stereocenters. The molecule has 0 aliphatic carbocycles.